The van der Waals surface area contributed by atoms with E-state index < -0.39 is 0 Å². The van der Waals surface area contributed by atoms with E-state index in [2.05, 4.69) is 117 Å². The number of hydrogen-bond acceptors (Lipinski definition) is 7. The molecule has 0 saturated carbocycles. The first-order chi connectivity index (χ1) is 18.4. The molecule has 2 fully saturated rings. The van der Waals surface area contributed by atoms with E-state index in [1.165, 1.54) is 0 Å². The molecule has 2 aliphatic rings. The Morgan fingerprint density at radius 2 is 1.15 bits per heavy atom. The van der Waals surface area contributed by atoms with Gasteiger partial charge in [-0.3, -0.25) is 9.80 Å². The standard InChI is InChI=1S/C33H63N7/c1-15-17-19-39(26-21-30(5,6)37(13)31(7,8)22-26)28-34-25(4)35-29(36-28)40(20-18-16-2)27-23-32(9,10)38(14)33(11,12)24(27)3/h24,26-27H,15-23H2,1-14H3. The van der Waals surface area contributed by atoms with Crippen LogP contribution in [-0.2, 0) is 0 Å². The third-order valence-corrected chi connectivity index (χ3v) is 11.0. The van der Waals surface area contributed by atoms with E-state index >= 15 is 0 Å². The molecule has 0 bridgehead atoms. The van der Waals surface area contributed by atoms with Crippen molar-refractivity contribution in [2.45, 2.75) is 162 Å². The molecule has 40 heavy (non-hydrogen) atoms. The molecule has 2 atom stereocenters. The molecule has 0 aromatic carbocycles. The molecule has 2 aliphatic heterocycles. The fraction of sp³-hybridized carbons (Fsp3) is 0.909. The minimum atomic E-state index is 0.0697. The van der Waals surface area contributed by atoms with Gasteiger partial charge in [0, 0.05) is 47.3 Å². The fourth-order valence-electron chi connectivity index (χ4n) is 7.53. The molecule has 7 heteroatoms. The van der Waals surface area contributed by atoms with Crippen molar-refractivity contribution in [2.24, 2.45) is 5.92 Å². The maximum absolute atomic E-state index is 5.36. The highest BCUT2D eigenvalue weighted by molar-refractivity contribution is 5.42. The lowest BCUT2D eigenvalue weighted by Crippen LogP contribution is -2.67. The van der Waals surface area contributed by atoms with Crippen LogP contribution in [0.4, 0.5) is 11.9 Å². The summed E-state index contributed by atoms with van der Waals surface area (Å²) in [6, 6.07) is 0.763. The second-order valence-electron chi connectivity index (χ2n) is 15.4. The van der Waals surface area contributed by atoms with Crippen molar-refractivity contribution in [2.75, 3.05) is 37.0 Å². The van der Waals surface area contributed by atoms with Gasteiger partial charge in [-0.15, -0.1) is 0 Å². The number of piperidine rings is 2. The van der Waals surface area contributed by atoms with Crippen molar-refractivity contribution in [3.05, 3.63) is 5.82 Å². The summed E-state index contributed by atoms with van der Waals surface area (Å²) in [5.74, 6) is 3.04. The Kier molecular flexibility index (Phi) is 9.93. The van der Waals surface area contributed by atoms with E-state index in [4.69, 9.17) is 15.0 Å². The first-order valence-corrected chi connectivity index (χ1v) is 16.1. The fourth-order valence-corrected chi connectivity index (χ4v) is 7.53. The van der Waals surface area contributed by atoms with Gasteiger partial charge in [0.1, 0.15) is 5.82 Å². The predicted molar refractivity (Wildman–Crippen MR) is 172 cm³/mol. The third kappa shape index (κ3) is 6.61. The predicted octanol–water partition coefficient (Wildman–Crippen LogP) is 6.94. The summed E-state index contributed by atoms with van der Waals surface area (Å²) < 4.78 is 0. The summed E-state index contributed by atoms with van der Waals surface area (Å²) >= 11 is 0. The van der Waals surface area contributed by atoms with E-state index in [1.54, 1.807) is 0 Å². The highest BCUT2D eigenvalue weighted by atomic mass is 15.4. The molecule has 0 spiro atoms. The third-order valence-electron chi connectivity index (χ3n) is 11.0. The quantitative estimate of drug-likeness (QED) is 0.309. The average molecular weight is 558 g/mol. The van der Waals surface area contributed by atoms with Crippen LogP contribution in [0.1, 0.15) is 127 Å². The SMILES string of the molecule is CCCCN(c1nc(C)nc(N(CCCC)C2CC(C)(C)N(C)C(C)(C)C2C)n1)C1CC(C)(C)N(C)C(C)(C)C1. The number of anilines is 2. The molecular weight excluding hydrogens is 494 g/mol. The first-order valence-electron chi connectivity index (χ1n) is 16.1. The van der Waals surface area contributed by atoms with Crippen LogP contribution in [0.15, 0.2) is 0 Å². The van der Waals surface area contributed by atoms with Crippen molar-refractivity contribution < 1.29 is 0 Å². The lowest BCUT2D eigenvalue weighted by molar-refractivity contribution is -0.0508. The Bertz CT molecular complexity index is 967. The van der Waals surface area contributed by atoms with Gasteiger partial charge in [-0.2, -0.15) is 15.0 Å². The van der Waals surface area contributed by atoms with Crippen LogP contribution in [0.25, 0.3) is 0 Å². The smallest absolute Gasteiger partial charge is 0.230 e. The molecule has 1 aromatic heterocycles. The highest BCUT2D eigenvalue weighted by Gasteiger charge is 2.50. The molecule has 0 radical (unpaired) electrons. The van der Waals surface area contributed by atoms with Gasteiger partial charge >= 0.3 is 0 Å². The lowest BCUT2D eigenvalue weighted by Gasteiger charge is -2.59. The maximum Gasteiger partial charge on any atom is 0.230 e. The summed E-state index contributed by atoms with van der Waals surface area (Å²) in [6.07, 6.45) is 7.89. The Hall–Kier alpha value is -1.47. The summed E-state index contributed by atoms with van der Waals surface area (Å²) in [5.41, 5.74) is 0.375. The van der Waals surface area contributed by atoms with Crippen molar-refractivity contribution in [1.82, 2.24) is 24.8 Å². The van der Waals surface area contributed by atoms with Crippen LogP contribution in [0.3, 0.4) is 0 Å². The largest absolute Gasteiger partial charge is 0.338 e. The Balaban J connectivity index is 2.08. The molecule has 0 amide bonds. The van der Waals surface area contributed by atoms with Crippen LogP contribution in [0.2, 0.25) is 0 Å². The molecule has 0 aliphatic carbocycles. The number of rotatable bonds is 10. The number of unbranched alkanes of at least 4 members (excludes halogenated alkanes) is 2. The Morgan fingerprint density at radius 3 is 1.65 bits per heavy atom. The number of nitrogens with zero attached hydrogens (tertiary/aromatic N) is 7. The van der Waals surface area contributed by atoms with Gasteiger partial charge in [-0.05, 0) is 114 Å². The van der Waals surface area contributed by atoms with E-state index in [9.17, 15) is 0 Å². The van der Waals surface area contributed by atoms with Crippen molar-refractivity contribution in [1.29, 1.82) is 0 Å². The van der Waals surface area contributed by atoms with Crippen molar-refractivity contribution in [3.63, 3.8) is 0 Å². The Labute approximate surface area is 247 Å². The van der Waals surface area contributed by atoms with Crippen LogP contribution < -0.4 is 9.80 Å². The van der Waals surface area contributed by atoms with Crippen LogP contribution in [0.5, 0.6) is 0 Å². The molecule has 2 unspecified atom stereocenters. The van der Waals surface area contributed by atoms with Gasteiger partial charge in [0.15, 0.2) is 0 Å². The zero-order chi connectivity index (χ0) is 30.3. The van der Waals surface area contributed by atoms with Crippen LogP contribution >= 0.6 is 0 Å². The van der Waals surface area contributed by atoms with E-state index in [0.29, 0.717) is 18.0 Å². The van der Waals surface area contributed by atoms with Crippen LogP contribution in [0, 0.1) is 12.8 Å². The average Bonchev–Trinajstić information content (AvgIpc) is 2.84. The molecule has 3 heterocycles. The molecule has 230 valence electrons. The topological polar surface area (TPSA) is 51.6 Å². The maximum atomic E-state index is 5.36. The van der Waals surface area contributed by atoms with E-state index in [1.807, 2.05) is 0 Å². The van der Waals surface area contributed by atoms with Gasteiger partial charge in [-0.1, -0.05) is 33.6 Å². The number of likely N-dealkylation sites (tertiary alicyclic amines) is 2. The molecule has 2 saturated heterocycles. The van der Waals surface area contributed by atoms with Crippen LogP contribution in [-0.4, -0.2) is 86.2 Å². The molecule has 3 rings (SSSR count). The van der Waals surface area contributed by atoms with Gasteiger partial charge in [0.05, 0.1) is 0 Å². The summed E-state index contributed by atoms with van der Waals surface area (Å²) in [5, 5.41) is 0. The highest BCUT2D eigenvalue weighted by Crippen LogP contribution is 2.44. The summed E-state index contributed by atoms with van der Waals surface area (Å²) in [7, 11) is 4.58. The van der Waals surface area contributed by atoms with E-state index in [-0.39, 0.29) is 22.2 Å². The van der Waals surface area contributed by atoms with Crippen molar-refractivity contribution in [3.8, 4) is 0 Å². The summed E-state index contributed by atoms with van der Waals surface area (Å²) in [6.45, 7) is 30.2. The van der Waals surface area contributed by atoms with Gasteiger partial charge in [0.25, 0.3) is 0 Å². The minimum Gasteiger partial charge on any atom is -0.338 e. The van der Waals surface area contributed by atoms with Gasteiger partial charge in [-0.25, -0.2) is 0 Å². The number of aromatic nitrogens is 3. The lowest BCUT2D eigenvalue weighted by atomic mass is 9.70. The monoisotopic (exact) mass is 558 g/mol. The number of hydrogen-bond donors (Lipinski definition) is 0. The second kappa shape index (κ2) is 12.0. The normalized spacial score (nSPS) is 26.6. The minimum absolute atomic E-state index is 0.0697. The first kappa shape index (κ1) is 33.0. The summed E-state index contributed by atoms with van der Waals surface area (Å²) in [4.78, 5) is 25.7. The second-order valence-corrected chi connectivity index (χ2v) is 15.4. The van der Waals surface area contributed by atoms with Crippen molar-refractivity contribution >= 4 is 11.9 Å². The van der Waals surface area contributed by atoms with E-state index in [0.717, 1.165) is 75.8 Å². The number of aryl methyl sites for hydroxylation is 1. The zero-order valence-corrected chi connectivity index (χ0v) is 28.7. The Morgan fingerprint density at radius 1 is 0.700 bits per heavy atom. The zero-order valence-electron chi connectivity index (χ0n) is 28.7. The molecule has 1 aromatic rings. The molecule has 0 N–H and O–H groups in total. The molecular formula is C33H63N7. The molecule has 7 nitrogen and oxygen atoms in total. The van der Waals surface area contributed by atoms with Gasteiger partial charge < -0.3 is 9.80 Å². The van der Waals surface area contributed by atoms with Gasteiger partial charge in [0.2, 0.25) is 11.9 Å².